The van der Waals surface area contributed by atoms with Gasteiger partial charge < -0.3 is 5.73 Å². The first-order valence-corrected chi connectivity index (χ1v) is 6.45. The molecular formula is C15H14ClN3. The summed E-state index contributed by atoms with van der Waals surface area (Å²) in [5, 5.41) is 0.713. The average molecular weight is 272 g/mol. The average Bonchev–Trinajstić information content (AvgIpc) is 2.67. The van der Waals surface area contributed by atoms with Crippen LogP contribution in [0.1, 0.15) is 11.4 Å². The SMILES string of the molecule is Cc1ccc(Cl)c(-n2c(C)nc3cc(N)ccc32)c1. The summed E-state index contributed by atoms with van der Waals surface area (Å²) in [4.78, 5) is 4.55. The van der Waals surface area contributed by atoms with Gasteiger partial charge in [0.2, 0.25) is 0 Å². The van der Waals surface area contributed by atoms with Crippen LogP contribution >= 0.6 is 11.6 Å². The Bertz CT molecular complexity index is 774. The monoisotopic (exact) mass is 271 g/mol. The van der Waals surface area contributed by atoms with Crippen LogP contribution in [0.3, 0.4) is 0 Å². The number of imidazole rings is 1. The third-order valence-corrected chi connectivity index (χ3v) is 3.51. The van der Waals surface area contributed by atoms with Crippen LogP contribution in [0.2, 0.25) is 5.02 Å². The van der Waals surface area contributed by atoms with Gasteiger partial charge >= 0.3 is 0 Å². The van der Waals surface area contributed by atoms with E-state index in [0.717, 1.165) is 28.1 Å². The van der Waals surface area contributed by atoms with E-state index >= 15 is 0 Å². The standard InChI is InChI=1S/C15H14ClN3/c1-9-3-5-12(16)15(7-9)19-10(2)18-13-8-11(17)4-6-14(13)19/h3-8H,17H2,1-2H3. The molecule has 0 saturated carbocycles. The number of hydrogen-bond donors (Lipinski definition) is 1. The van der Waals surface area contributed by atoms with Crippen LogP contribution in [0.5, 0.6) is 0 Å². The Hall–Kier alpha value is -2.00. The summed E-state index contributed by atoms with van der Waals surface area (Å²) in [6.07, 6.45) is 0. The minimum absolute atomic E-state index is 0.713. The number of fused-ring (bicyclic) bond motifs is 1. The number of benzene rings is 2. The van der Waals surface area contributed by atoms with Crippen molar-refractivity contribution in [2.24, 2.45) is 0 Å². The quantitative estimate of drug-likeness (QED) is 0.683. The highest BCUT2D eigenvalue weighted by Gasteiger charge is 2.12. The molecule has 1 aromatic heterocycles. The van der Waals surface area contributed by atoms with Crippen molar-refractivity contribution in [2.75, 3.05) is 5.73 Å². The maximum Gasteiger partial charge on any atom is 0.111 e. The Balaban J connectivity index is 2.36. The number of aryl methyl sites for hydroxylation is 2. The summed E-state index contributed by atoms with van der Waals surface area (Å²) in [5.74, 6) is 0.896. The van der Waals surface area contributed by atoms with Gasteiger partial charge in [-0.05, 0) is 49.7 Å². The molecule has 3 aromatic rings. The molecule has 0 unspecified atom stereocenters. The highest BCUT2D eigenvalue weighted by molar-refractivity contribution is 6.32. The molecule has 0 spiro atoms. The van der Waals surface area contributed by atoms with Gasteiger partial charge in [-0.25, -0.2) is 4.98 Å². The van der Waals surface area contributed by atoms with Gasteiger partial charge in [0, 0.05) is 5.69 Å². The molecule has 0 saturated heterocycles. The fourth-order valence-electron chi connectivity index (χ4n) is 2.32. The Kier molecular flexibility index (Phi) is 2.72. The third kappa shape index (κ3) is 1.96. The van der Waals surface area contributed by atoms with E-state index < -0.39 is 0 Å². The number of nitrogens with two attached hydrogens (primary N) is 1. The minimum Gasteiger partial charge on any atom is -0.399 e. The van der Waals surface area contributed by atoms with Gasteiger partial charge in [-0.3, -0.25) is 4.57 Å². The van der Waals surface area contributed by atoms with Crippen molar-refractivity contribution in [2.45, 2.75) is 13.8 Å². The van der Waals surface area contributed by atoms with Crippen molar-refractivity contribution in [3.05, 3.63) is 52.8 Å². The molecule has 3 nitrogen and oxygen atoms in total. The topological polar surface area (TPSA) is 43.8 Å². The van der Waals surface area contributed by atoms with E-state index in [1.165, 1.54) is 0 Å². The van der Waals surface area contributed by atoms with Crippen molar-refractivity contribution >= 4 is 28.3 Å². The van der Waals surface area contributed by atoms with Crippen molar-refractivity contribution < 1.29 is 0 Å². The number of nitrogens with zero attached hydrogens (tertiary/aromatic N) is 2. The molecule has 19 heavy (non-hydrogen) atoms. The summed E-state index contributed by atoms with van der Waals surface area (Å²) in [5.41, 5.74) is 10.5. The zero-order valence-electron chi connectivity index (χ0n) is 10.8. The molecule has 0 aliphatic heterocycles. The lowest BCUT2D eigenvalue weighted by Crippen LogP contribution is -1.98. The molecule has 0 fully saturated rings. The second-order valence-corrected chi connectivity index (χ2v) is 5.10. The highest BCUT2D eigenvalue weighted by atomic mass is 35.5. The first kappa shape index (κ1) is 12.1. The number of halogens is 1. The number of anilines is 1. The van der Waals surface area contributed by atoms with Gasteiger partial charge in [0.05, 0.1) is 21.7 Å². The van der Waals surface area contributed by atoms with Crippen LogP contribution in [-0.4, -0.2) is 9.55 Å². The molecule has 3 rings (SSSR count). The molecule has 0 bridgehead atoms. The van der Waals surface area contributed by atoms with Crippen molar-refractivity contribution in [1.82, 2.24) is 9.55 Å². The van der Waals surface area contributed by atoms with Crippen LogP contribution < -0.4 is 5.73 Å². The third-order valence-electron chi connectivity index (χ3n) is 3.19. The molecule has 2 N–H and O–H groups in total. The number of nitrogen functional groups attached to an aromatic ring is 1. The van der Waals surface area contributed by atoms with E-state index in [4.69, 9.17) is 17.3 Å². The number of rotatable bonds is 1. The summed E-state index contributed by atoms with van der Waals surface area (Å²) < 4.78 is 2.06. The molecular weight excluding hydrogens is 258 g/mol. The predicted molar refractivity (Wildman–Crippen MR) is 80.0 cm³/mol. The van der Waals surface area contributed by atoms with Gasteiger partial charge in [0.15, 0.2) is 0 Å². The minimum atomic E-state index is 0.713. The van der Waals surface area contributed by atoms with Gasteiger partial charge in [-0.2, -0.15) is 0 Å². The summed E-state index contributed by atoms with van der Waals surface area (Å²) in [6, 6.07) is 11.7. The summed E-state index contributed by atoms with van der Waals surface area (Å²) in [7, 11) is 0. The van der Waals surface area contributed by atoms with E-state index in [9.17, 15) is 0 Å². The number of hydrogen-bond acceptors (Lipinski definition) is 2. The van der Waals surface area contributed by atoms with Crippen molar-refractivity contribution in [3.8, 4) is 5.69 Å². The molecule has 0 amide bonds. The van der Waals surface area contributed by atoms with E-state index in [-0.39, 0.29) is 0 Å². The summed E-state index contributed by atoms with van der Waals surface area (Å²) in [6.45, 7) is 4.02. The van der Waals surface area contributed by atoms with Crippen LogP contribution in [0.15, 0.2) is 36.4 Å². The summed E-state index contributed by atoms with van der Waals surface area (Å²) >= 11 is 6.32. The molecule has 0 aliphatic rings. The van der Waals surface area contributed by atoms with E-state index in [1.807, 2.05) is 44.2 Å². The first-order chi connectivity index (χ1) is 9.06. The lowest BCUT2D eigenvalue weighted by atomic mass is 10.2. The van der Waals surface area contributed by atoms with Gasteiger partial charge in [0.25, 0.3) is 0 Å². The lowest BCUT2D eigenvalue weighted by Gasteiger charge is -2.10. The lowest BCUT2D eigenvalue weighted by molar-refractivity contribution is 0.999. The molecule has 96 valence electrons. The maximum atomic E-state index is 6.32. The van der Waals surface area contributed by atoms with Crippen molar-refractivity contribution in [3.63, 3.8) is 0 Å². The van der Waals surface area contributed by atoms with Gasteiger partial charge in [-0.1, -0.05) is 17.7 Å². The molecule has 1 heterocycles. The Labute approximate surface area is 116 Å². The van der Waals surface area contributed by atoms with Crippen molar-refractivity contribution in [1.29, 1.82) is 0 Å². The molecule has 0 radical (unpaired) electrons. The fourth-order valence-corrected chi connectivity index (χ4v) is 2.52. The second-order valence-electron chi connectivity index (χ2n) is 4.70. The molecule has 4 heteroatoms. The van der Waals surface area contributed by atoms with Crippen LogP contribution in [0.25, 0.3) is 16.7 Å². The Morgan fingerprint density at radius 1 is 1.11 bits per heavy atom. The fraction of sp³-hybridized carbons (Fsp3) is 0.133. The zero-order valence-corrected chi connectivity index (χ0v) is 11.6. The number of aromatic nitrogens is 2. The first-order valence-electron chi connectivity index (χ1n) is 6.07. The largest absolute Gasteiger partial charge is 0.399 e. The van der Waals surface area contributed by atoms with Crippen LogP contribution in [-0.2, 0) is 0 Å². The molecule has 2 aromatic carbocycles. The normalized spacial score (nSPS) is 11.1. The maximum absolute atomic E-state index is 6.32. The van der Waals surface area contributed by atoms with E-state index in [0.29, 0.717) is 10.7 Å². The Morgan fingerprint density at radius 3 is 2.68 bits per heavy atom. The van der Waals surface area contributed by atoms with Crippen LogP contribution in [0, 0.1) is 13.8 Å². The Morgan fingerprint density at radius 2 is 1.89 bits per heavy atom. The van der Waals surface area contributed by atoms with Gasteiger partial charge in [-0.15, -0.1) is 0 Å². The van der Waals surface area contributed by atoms with Gasteiger partial charge in [0.1, 0.15) is 5.82 Å². The highest BCUT2D eigenvalue weighted by Crippen LogP contribution is 2.28. The molecule has 0 aliphatic carbocycles. The van der Waals surface area contributed by atoms with Crippen LogP contribution in [0.4, 0.5) is 5.69 Å². The van der Waals surface area contributed by atoms with E-state index in [2.05, 4.69) is 15.6 Å². The smallest absolute Gasteiger partial charge is 0.111 e. The predicted octanol–water partition coefficient (Wildman–Crippen LogP) is 3.88. The second kappa shape index (κ2) is 4.28. The van der Waals surface area contributed by atoms with E-state index in [1.54, 1.807) is 0 Å². The molecule has 0 atom stereocenters. The zero-order chi connectivity index (χ0) is 13.6.